The summed E-state index contributed by atoms with van der Waals surface area (Å²) < 4.78 is 11.3. The lowest BCUT2D eigenvalue weighted by Gasteiger charge is -2.28. The van der Waals surface area contributed by atoms with E-state index in [1.165, 1.54) is 0 Å². The molecule has 1 aromatic heterocycles. The second-order valence-corrected chi connectivity index (χ2v) is 4.06. The molecule has 2 atom stereocenters. The van der Waals surface area contributed by atoms with Crippen LogP contribution in [0, 0.1) is 0 Å². The predicted molar refractivity (Wildman–Crippen MR) is 61.1 cm³/mol. The van der Waals surface area contributed by atoms with Crippen LogP contribution in [0.15, 0.2) is 24.4 Å². The number of hydrogen-bond donors (Lipinski definition) is 1. The van der Waals surface area contributed by atoms with E-state index in [1.54, 1.807) is 6.20 Å². The molecule has 2 heterocycles. The minimum absolute atomic E-state index is 0.160. The molecule has 2 unspecified atom stereocenters. The Kier molecular flexibility index (Phi) is 4.27. The van der Waals surface area contributed by atoms with Gasteiger partial charge in [0.15, 0.2) is 0 Å². The van der Waals surface area contributed by atoms with Gasteiger partial charge in [-0.3, -0.25) is 4.98 Å². The van der Waals surface area contributed by atoms with E-state index in [-0.39, 0.29) is 12.2 Å². The quantitative estimate of drug-likeness (QED) is 0.824. The summed E-state index contributed by atoms with van der Waals surface area (Å²) in [4.78, 5) is 4.19. The number of nitrogens with one attached hydrogen (secondary N) is 1. The Hall–Kier alpha value is -0.970. The van der Waals surface area contributed by atoms with Crippen molar-refractivity contribution in [1.29, 1.82) is 0 Å². The molecule has 1 aromatic rings. The first-order chi connectivity index (χ1) is 7.84. The van der Waals surface area contributed by atoms with E-state index in [0.717, 1.165) is 18.8 Å². The smallest absolute Gasteiger partial charge is 0.0936 e. The summed E-state index contributed by atoms with van der Waals surface area (Å²) in [5, 5.41) is 3.31. The fourth-order valence-electron chi connectivity index (χ4n) is 1.75. The SMILES string of the molecule is CC1CNCC(COCc2ccccn2)O1. The van der Waals surface area contributed by atoms with Crippen molar-refractivity contribution in [1.82, 2.24) is 10.3 Å². The number of morpholine rings is 1. The molecule has 0 aromatic carbocycles. The maximum Gasteiger partial charge on any atom is 0.0936 e. The van der Waals surface area contributed by atoms with Crippen molar-refractivity contribution in [3.63, 3.8) is 0 Å². The average Bonchev–Trinajstić information content (AvgIpc) is 2.30. The molecule has 0 bridgehead atoms. The first-order valence-corrected chi connectivity index (χ1v) is 5.68. The Morgan fingerprint density at radius 3 is 3.19 bits per heavy atom. The largest absolute Gasteiger partial charge is 0.372 e. The van der Waals surface area contributed by atoms with Crippen LogP contribution in [0.1, 0.15) is 12.6 Å². The highest BCUT2D eigenvalue weighted by Gasteiger charge is 2.18. The second kappa shape index (κ2) is 5.94. The maximum atomic E-state index is 5.72. The maximum absolute atomic E-state index is 5.72. The summed E-state index contributed by atoms with van der Waals surface area (Å²) in [7, 11) is 0. The lowest BCUT2D eigenvalue weighted by atomic mass is 10.2. The molecule has 0 radical (unpaired) electrons. The lowest BCUT2D eigenvalue weighted by molar-refractivity contribution is -0.0719. The Balaban J connectivity index is 1.68. The molecule has 0 saturated carbocycles. The van der Waals surface area contributed by atoms with Crippen molar-refractivity contribution in [2.24, 2.45) is 0 Å². The minimum atomic E-state index is 0.160. The van der Waals surface area contributed by atoms with Gasteiger partial charge in [-0.05, 0) is 19.1 Å². The molecule has 1 aliphatic rings. The number of hydrogen-bond acceptors (Lipinski definition) is 4. The van der Waals surface area contributed by atoms with Crippen LogP contribution in [0.25, 0.3) is 0 Å². The van der Waals surface area contributed by atoms with Crippen molar-refractivity contribution < 1.29 is 9.47 Å². The van der Waals surface area contributed by atoms with Crippen LogP contribution in [0.2, 0.25) is 0 Å². The van der Waals surface area contributed by atoms with Crippen molar-refractivity contribution in [2.75, 3.05) is 19.7 Å². The third kappa shape index (κ3) is 3.56. The molecule has 1 fully saturated rings. The first-order valence-electron chi connectivity index (χ1n) is 5.68. The number of aromatic nitrogens is 1. The van der Waals surface area contributed by atoms with Gasteiger partial charge >= 0.3 is 0 Å². The van der Waals surface area contributed by atoms with Gasteiger partial charge in [0.05, 0.1) is 31.1 Å². The third-order valence-corrected chi connectivity index (χ3v) is 2.51. The molecule has 2 rings (SSSR count). The molecule has 4 nitrogen and oxygen atoms in total. The standard InChI is InChI=1S/C12H18N2O2/c1-10-6-13-7-12(16-10)9-15-8-11-4-2-3-5-14-11/h2-5,10,12-13H,6-9H2,1H3. The van der Waals surface area contributed by atoms with Crippen molar-refractivity contribution >= 4 is 0 Å². The highest BCUT2D eigenvalue weighted by Crippen LogP contribution is 2.05. The first kappa shape index (κ1) is 11.5. The van der Waals surface area contributed by atoms with Crippen LogP contribution in [0.5, 0.6) is 0 Å². The van der Waals surface area contributed by atoms with Crippen LogP contribution in [0.3, 0.4) is 0 Å². The van der Waals surface area contributed by atoms with Gasteiger partial charge in [-0.25, -0.2) is 0 Å². The zero-order valence-corrected chi connectivity index (χ0v) is 9.56. The van der Waals surface area contributed by atoms with Gasteiger partial charge in [0.25, 0.3) is 0 Å². The summed E-state index contributed by atoms with van der Waals surface area (Å²) in [6, 6.07) is 5.83. The number of nitrogens with zero attached hydrogens (tertiary/aromatic N) is 1. The number of pyridine rings is 1. The van der Waals surface area contributed by atoms with Gasteiger partial charge in [-0.15, -0.1) is 0 Å². The lowest BCUT2D eigenvalue weighted by Crippen LogP contribution is -2.45. The molecule has 0 amide bonds. The highest BCUT2D eigenvalue weighted by molar-refractivity contribution is 5.01. The molecule has 0 spiro atoms. The molecular formula is C12H18N2O2. The van der Waals surface area contributed by atoms with Crippen LogP contribution in [0.4, 0.5) is 0 Å². The van der Waals surface area contributed by atoms with Crippen LogP contribution in [-0.4, -0.2) is 36.9 Å². The highest BCUT2D eigenvalue weighted by atomic mass is 16.5. The minimum Gasteiger partial charge on any atom is -0.372 e. The van der Waals surface area contributed by atoms with Gasteiger partial charge in [0.2, 0.25) is 0 Å². The molecule has 1 aliphatic heterocycles. The van der Waals surface area contributed by atoms with Crippen LogP contribution >= 0.6 is 0 Å². The van der Waals surface area contributed by atoms with E-state index in [2.05, 4.69) is 17.2 Å². The van der Waals surface area contributed by atoms with Crippen molar-refractivity contribution in [2.45, 2.75) is 25.7 Å². The summed E-state index contributed by atoms with van der Waals surface area (Å²) in [6.45, 7) is 5.03. The Morgan fingerprint density at radius 2 is 2.44 bits per heavy atom. The Labute approximate surface area is 96.0 Å². The monoisotopic (exact) mass is 222 g/mol. The summed E-state index contributed by atoms with van der Waals surface area (Å²) >= 11 is 0. The Morgan fingerprint density at radius 1 is 1.50 bits per heavy atom. The summed E-state index contributed by atoms with van der Waals surface area (Å²) in [5.74, 6) is 0. The zero-order chi connectivity index (χ0) is 11.2. The van der Waals surface area contributed by atoms with Gasteiger partial charge < -0.3 is 14.8 Å². The fraction of sp³-hybridized carbons (Fsp3) is 0.583. The van der Waals surface area contributed by atoms with E-state index < -0.39 is 0 Å². The van der Waals surface area contributed by atoms with Crippen LogP contribution < -0.4 is 5.32 Å². The van der Waals surface area contributed by atoms with Gasteiger partial charge in [-0.2, -0.15) is 0 Å². The normalized spacial score (nSPS) is 25.6. The van der Waals surface area contributed by atoms with E-state index in [4.69, 9.17) is 9.47 Å². The Bertz CT molecular complexity index is 305. The summed E-state index contributed by atoms with van der Waals surface area (Å²) in [6.07, 6.45) is 2.21. The number of ether oxygens (including phenoxy) is 2. The molecule has 4 heteroatoms. The van der Waals surface area contributed by atoms with E-state index in [1.807, 2.05) is 18.2 Å². The molecule has 88 valence electrons. The summed E-state index contributed by atoms with van der Waals surface area (Å²) in [5.41, 5.74) is 0.958. The topological polar surface area (TPSA) is 43.4 Å². The fourth-order valence-corrected chi connectivity index (χ4v) is 1.75. The molecule has 1 saturated heterocycles. The van der Waals surface area contributed by atoms with E-state index >= 15 is 0 Å². The van der Waals surface area contributed by atoms with E-state index in [9.17, 15) is 0 Å². The molecule has 1 N–H and O–H groups in total. The third-order valence-electron chi connectivity index (χ3n) is 2.51. The van der Waals surface area contributed by atoms with Crippen molar-refractivity contribution in [3.8, 4) is 0 Å². The second-order valence-electron chi connectivity index (χ2n) is 4.06. The van der Waals surface area contributed by atoms with Gasteiger partial charge in [-0.1, -0.05) is 6.07 Å². The number of rotatable bonds is 4. The van der Waals surface area contributed by atoms with E-state index in [0.29, 0.717) is 13.2 Å². The van der Waals surface area contributed by atoms with Crippen LogP contribution in [-0.2, 0) is 16.1 Å². The predicted octanol–water partition coefficient (Wildman–Crippen LogP) is 0.975. The average molecular weight is 222 g/mol. The van der Waals surface area contributed by atoms with Crippen molar-refractivity contribution in [3.05, 3.63) is 30.1 Å². The zero-order valence-electron chi connectivity index (χ0n) is 9.56. The molecule has 0 aliphatic carbocycles. The molecular weight excluding hydrogens is 204 g/mol. The molecule has 16 heavy (non-hydrogen) atoms. The van der Waals surface area contributed by atoms with Gasteiger partial charge in [0, 0.05) is 19.3 Å². The van der Waals surface area contributed by atoms with Gasteiger partial charge in [0.1, 0.15) is 0 Å².